The van der Waals surface area contributed by atoms with Crippen LogP contribution >= 0.6 is 22.9 Å². The summed E-state index contributed by atoms with van der Waals surface area (Å²) in [6.07, 6.45) is 4.22. The fourth-order valence-corrected chi connectivity index (χ4v) is 2.50. The maximum atomic E-state index is 10.4. The molecule has 0 atom stereocenters. The number of halogens is 1. The van der Waals surface area contributed by atoms with Gasteiger partial charge in [0.15, 0.2) is 0 Å². The summed E-state index contributed by atoms with van der Waals surface area (Å²) >= 11 is 7.27. The van der Waals surface area contributed by atoms with Gasteiger partial charge in [-0.15, -0.1) is 11.3 Å². The number of benzene rings is 1. The maximum Gasteiger partial charge on any atom is 0.328 e. The lowest BCUT2D eigenvalue weighted by Crippen LogP contribution is -1.96. The van der Waals surface area contributed by atoms with Gasteiger partial charge < -0.3 is 9.84 Å². The monoisotopic (exact) mass is 309 g/mol. The Morgan fingerprint density at radius 3 is 3.05 bits per heavy atom. The molecule has 104 valence electrons. The van der Waals surface area contributed by atoms with E-state index < -0.39 is 5.97 Å². The smallest absolute Gasteiger partial charge is 0.328 e. The van der Waals surface area contributed by atoms with E-state index >= 15 is 0 Å². The highest BCUT2D eigenvalue weighted by Gasteiger charge is 2.04. The van der Waals surface area contributed by atoms with Crippen molar-refractivity contribution in [2.45, 2.75) is 13.5 Å². The normalized spacial score (nSPS) is 10.9. The number of carboxylic acids is 1. The SMILES string of the molecule is Cc1cc(Cl)ccc1OCc1ncc(/C=C/C(=O)O)s1. The molecule has 0 saturated heterocycles. The molecule has 0 aliphatic heterocycles. The van der Waals surface area contributed by atoms with Crippen LogP contribution in [0.4, 0.5) is 0 Å². The number of carboxylic acid groups (broad SMARTS) is 1. The van der Waals surface area contributed by atoms with E-state index in [1.165, 1.54) is 17.4 Å². The number of rotatable bonds is 5. The quantitative estimate of drug-likeness (QED) is 0.854. The number of ether oxygens (including phenoxy) is 1. The number of hydrogen-bond acceptors (Lipinski definition) is 4. The van der Waals surface area contributed by atoms with Crippen molar-refractivity contribution in [2.75, 3.05) is 0 Å². The molecule has 0 bridgehead atoms. The van der Waals surface area contributed by atoms with Crippen molar-refractivity contribution in [2.24, 2.45) is 0 Å². The molecule has 0 aliphatic rings. The van der Waals surface area contributed by atoms with Gasteiger partial charge in [-0.3, -0.25) is 0 Å². The number of carbonyl (C=O) groups is 1. The van der Waals surface area contributed by atoms with Gasteiger partial charge in [-0.2, -0.15) is 0 Å². The van der Waals surface area contributed by atoms with E-state index in [2.05, 4.69) is 4.98 Å². The molecule has 0 radical (unpaired) electrons. The highest BCUT2D eigenvalue weighted by Crippen LogP contribution is 2.23. The molecule has 0 saturated carbocycles. The molecule has 2 rings (SSSR count). The van der Waals surface area contributed by atoms with E-state index in [0.717, 1.165) is 27.3 Å². The first-order valence-corrected chi connectivity index (χ1v) is 6.98. The molecule has 0 spiro atoms. The van der Waals surface area contributed by atoms with Gasteiger partial charge in [0.05, 0.1) is 0 Å². The Hall–Kier alpha value is -1.85. The summed E-state index contributed by atoms with van der Waals surface area (Å²) in [7, 11) is 0. The standard InChI is InChI=1S/C14H12ClNO3S/c1-9-6-10(15)2-4-12(9)19-8-13-16-7-11(20-13)3-5-14(17)18/h2-7H,8H2,1H3,(H,17,18)/b5-3+. The highest BCUT2D eigenvalue weighted by molar-refractivity contribution is 7.12. The Morgan fingerprint density at radius 1 is 1.55 bits per heavy atom. The summed E-state index contributed by atoms with van der Waals surface area (Å²) in [4.78, 5) is 15.4. The molecule has 0 unspecified atom stereocenters. The Bertz CT molecular complexity index is 652. The predicted octanol–water partition coefficient (Wildman–Crippen LogP) is 3.78. The molecular weight excluding hydrogens is 298 g/mol. The van der Waals surface area contributed by atoms with Crippen molar-refractivity contribution < 1.29 is 14.6 Å². The highest BCUT2D eigenvalue weighted by atomic mass is 35.5. The van der Waals surface area contributed by atoms with Crippen LogP contribution < -0.4 is 4.74 Å². The molecule has 0 fully saturated rings. The zero-order valence-electron chi connectivity index (χ0n) is 10.7. The van der Waals surface area contributed by atoms with Crippen molar-refractivity contribution in [1.29, 1.82) is 0 Å². The van der Waals surface area contributed by atoms with Gasteiger partial charge in [0, 0.05) is 22.2 Å². The van der Waals surface area contributed by atoms with Crippen LogP contribution in [0, 0.1) is 6.92 Å². The second-order valence-electron chi connectivity index (χ2n) is 4.03. The zero-order valence-corrected chi connectivity index (χ0v) is 12.2. The summed E-state index contributed by atoms with van der Waals surface area (Å²) in [5.41, 5.74) is 0.958. The van der Waals surface area contributed by atoms with Crippen LogP contribution in [0.5, 0.6) is 5.75 Å². The molecule has 6 heteroatoms. The molecule has 2 aromatic rings. The van der Waals surface area contributed by atoms with Gasteiger partial charge in [-0.05, 0) is 36.8 Å². The van der Waals surface area contributed by atoms with E-state index in [1.54, 1.807) is 12.3 Å². The van der Waals surface area contributed by atoms with Crippen LogP contribution in [-0.2, 0) is 11.4 Å². The van der Waals surface area contributed by atoms with Crippen LogP contribution in [0.15, 0.2) is 30.5 Å². The summed E-state index contributed by atoms with van der Waals surface area (Å²) in [5, 5.41) is 10.0. The zero-order chi connectivity index (χ0) is 14.5. The van der Waals surface area contributed by atoms with E-state index in [-0.39, 0.29) is 0 Å². The van der Waals surface area contributed by atoms with Gasteiger partial charge in [-0.1, -0.05) is 11.6 Å². The Kier molecular flexibility index (Phi) is 4.76. The second-order valence-corrected chi connectivity index (χ2v) is 5.61. The average molecular weight is 310 g/mol. The number of thiazole rings is 1. The molecule has 20 heavy (non-hydrogen) atoms. The largest absolute Gasteiger partial charge is 0.486 e. The van der Waals surface area contributed by atoms with Crippen LogP contribution in [0.3, 0.4) is 0 Å². The second kappa shape index (κ2) is 6.54. The van der Waals surface area contributed by atoms with Gasteiger partial charge in [0.2, 0.25) is 0 Å². The van der Waals surface area contributed by atoms with E-state index in [0.29, 0.717) is 11.6 Å². The molecule has 1 heterocycles. The first kappa shape index (κ1) is 14.6. The minimum atomic E-state index is -0.979. The summed E-state index contributed by atoms with van der Waals surface area (Å²) in [6.45, 7) is 2.26. The maximum absolute atomic E-state index is 10.4. The van der Waals surface area contributed by atoms with Crippen LogP contribution in [0.1, 0.15) is 15.4 Å². The lowest BCUT2D eigenvalue weighted by atomic mass is 10.2. The van der Waals surface area contributed by atoms with Gasteiger partial charge in [0.25, 0.3) is 0 Å². The van der Waals surface area contributed by atoms with E-state index in [4.69, 9.17) is 21.4 Å². The van der Waals surface area contributed by atoms with Crippen molar-refractivity contribution in [1.82, 2.24) is 4.98 Å². The van der Waals surface area contributed by atoms with Crippen molar-refractivity contribution in [3.8, 4) is 5.75 Å². The minimum absolute atomic E-state index is 0.341. The molecule has 0 aliphatic carbocycles. The van der Waals surface area contributed by atoms with Gasteiger partial charge in [0.1, 0.15) is 17.4 Å². The van der Waals surface area contributed by atoms with Gasteiger partial charge in [-0.25, -0.2) is 9.78 Å². The van der Waals surface area contributed by atoms with E-state index in [9.17, 15) is 4.79 Å². The summed E-state index contributed by atoms with van der Waals surface area (Å²) in [6, 6.07) is 5.42. The van der Waals surface area contributed by atoms with Crippen molar-refractivity contribution >= 4 is 35.0 Å². The third-order valence-corrected chi connectivity index (χ3v) is 3.62. The van der Waals surface area contributed by atoms with Crippen LogP contribution in [0.2, 0.25) is 5.02 Å². The first-order chi connectivity index (χ1) is 9.54. The summed E-state index contributed by atoms with van der Waals surface area (Å²) in [5.74, 6) is -0.222. The third-order valence-electron chi connectivity index (χ3n) is 2.45. The number of hydrogen-bond donors (Lipinski definition) is 1. The van der Waals surface area contributed by atoms with Crippen molar-refractivity contribution in [3.05, 3.63) is 50.9 Å². The lowest BCUT2D eigenvalue weighted by molar-refractivity contribution is -0.131. The van der Waals surface area contributed by atoms with E-state index in [1.807, 2.05) is 19.1 Å². The van der Waals surface area contributed by atoms with Crippen LogP contribution in [0.25, 0.3) is 6.08 Å². The number of aryl methyl sites for hydroxylation is 1. The Labute approximate surface area is 125 Å². The fraction of sp³-hybridized carbons (Fsp3) is 0.143. The molecule has 1 aromatic carbocycles. The molecule has 0 amide bonds. The molecule has 1 N–H and O–H groups in total. The molecular formula is C14H12ClNO3S. The topological polar surface area (TPSA) is 59.4 Å². The number of aromatic nitrogens is 1. The Morgan fingerprint density at radius 2 is 2.35 bits per heavy atom. The van der Waals surface area contributed by atoms with Gasteiger partial charge >= 0.3 is 5.97 Å². The lowest BCUT2D eigenvalue weighted by Gasteiger charge is -2.07. The minimum Gasteiger partial charge on any atom is -0.486 e. The number of nitrogens with zero attached hydrogens (tertiary/aromatic N) is 1. The third kappa shape index (κ3) is 4.08. The number of aliphatic carboxylic acids is 1. The molecule has 1 aromatic heterocycles. The first-order valence-electron chi connectivity index (χ1n) is 5.79. The fourth-order valence-electron chi connectivity index (χ4n) is 1.54. The average Bonchev–Trinajstić information content (AvgIpc) is 2.83. The van der Waals surface area contributed by atoms with Crippen LogP contribution in [-0.4, -0.2) is 16.1 Å². The molecule has 4 nitrogen and oxygen atoms in total. The predicted molar refractivity (Wildman–Crippen MR) is 79.3 cm³/mol. The van der Waals surface area contributed by atoms with Crippen molar-refractivity contribution in [3.63, 3.8) is 0 Å². The summed E-state index contributed by atoms with van der Waals surface area (Å²) < 4.78 is 5.67. The Balaban J connectivity index is 1.99.